The molecule has 4 aromatic rings. The molecule has 0 amide bonds. The summed E-state index contributed by atoms with van der Waals surface area (Å²) >= 11 is 0. The Morgan fingerprint density at radius 3 is 2.66 bits per heavy atom. The van der Waals surface area contributed by atoms with Crippen molar-refractivity contribution >= 4 is 16.6 Å². The third kappa shape index (κ3) is 3.11. The lowest BCUT2D eigenvalue weighted by atomic mass is 9.95. The molecule has 3 aromatic heterocycles. The van der Waals surface area contributed by atoms with Crippen LogP contribution in [0.5, 0.6) is 0 Å². The Balaban J connectivity index is 1.65. The molecule has 1 saturated heterocycles. The monoisotopic (exact) mass is 388 g/mol. The van der Waals surface area contributed by atoms with Gasteiger partial charge in [0.1, 0.15) is 0 Å². The number of aryl methyl sites for hydroxylation is 3. The fourth-order valence-electron chi connectivity index (χ4n) is 4.32. The van der Waals surface area contributed by atoms with Gasteiger partial charge >= 0.3 is 0 Å². The number of piperidine rings is 1. The summed E-state index contributed by atoms with van der Waals surface area (Å²) in [6.07, 6.45) is 5.95. The minimum atomic E-state index is -0.0744. The Morgan fingerprint density at radius 1 is 1.07 bits per heavy atom. The van der Waals surface area contributed by atoms with Crippen LogP contribution >= 0.6 is 0 Å². The Bertz CT molecular complexity index is 1300. The van der Waals surface area contributed by atoms with Crippen LogP contribution in [0.2, 0.25) is 0 Å². The van der Waals surface area contributed by atoms with E-state index in [1.165, 1.54) is 0 Å². The van der Waals surface area contributed by atoms with Crippen LogP contribution in [-0.4, -0.2) is 37.2 Å². The van der Waals surface area contributed by atoms with Crippen molar-refractivity contribution in [3.05, 3.63) is 57.9 Å². The molecule has 1 aliphatic heterocycles. The first-order chi connectivity index (χ1) is 14.0. The molecule has 0 saturated carbocycles. The predicted octanol–water partition coefficient (Wildman–Crippen LogP) is 2.73. The van der Waals surface area contributed by atoms with Crippen molar-refractivity contribution in [2.75, 3.05) is 13.1 Å². The molecule has 29 heavy (non-hydrogen) atoms. The molecule has 0 bridgehead atoms. The lowest BCUT2D eigenvalue weighted by Gasteiger charge is -2.22. The van der Waals surface area contributed by atoms with Gasteiger partial charge in [-0.2, -0.15) is 5.10 Å². The molecule has 7 heteroatoms. The van der Waals surface area contributed by atoms with Crippen LogP contribution in [-0.2, 0) is 7.05 Å². The molecule has 1 aromatic carbocycles. The van der Waals surface area contributed by atoms with Gasteiger partial charge in [0, 0.05) is 42.4 Å². The average Bonchev–Trinajstić information content (AvgIpc) is 3.10. The Morgan fingerprint density at radius 2 is 1.86 bits per heavy atom. The van der Waals surface area contributed by atoms with E-state index in [4.69, 9.17) is 9.97 Å². The standard InChI is InChI=1S/C22H24N6O/c1-13-8-16(9-17-11-27(3)26-21(13)17)18-10-20(29)28-12-19(15-4-6-23-7-5-15)24-14(2)22(28)25-18/h8-12,15,23H,4-7H2,1-3H3. The molecule has 7 nitrogen and oxygen atoms in total. The van der Waals surface area contributed by atoms with E-state index in [2.05, 4.69) is 10.4 Å². The van der Waals surface area contributed by atoms with E-state index in [0.29, 0.717) is 17.3 Å². The largest absolute Gasteiger partial charge is 0.317 e. The number of nitrogens with one attached hydrogen (secondary N) is 1. The second-order valence-electron chi connectivity index (χ2n) is 7.98. The quantitative estimate of drug-likeness (QED) is 0.571. The molecule has 4 heterocycles. The summed E-state index contributed by atoms with van der Waals surface area (Å²) in [4.78, 5) is 22.6. The SMILES string of the molecule is Cc1cc(-c2cc(=O)n3cc(C4CCNCC4)nc(C)c3n2)cc2cn(C)nc12. The second-order valence-corrected chi connectivity index (χ2v) is 7.98. The van der Waals surface area contributed by atoms with Gasteiger partial charge in [-0.25, -0.2) is 4.98 Å². The van der Waals surface area contributed by atoms with E-state index in [1.54, 1.807) is 15.1 Å². The molecule has 0 aliphatic carbocycles. The Labute approximate surface area is 168 Å². The third-order valence-electron chi connectivity index (χ3n) is 5.80. The van der Waals surface area contributed by atoms with Crippen LogP contribution in [0.4, 0.5) is 0 Å². The van der Waals surface area contributed by atoms with Gasteiger partial charge in [-0.05, 0) is 57.5 Å². The summed E-state index contributed by atoms with van der Waals surface area (Å²) in [6, 6.07) is 5.70. The fraction of sp³-hybridized carbons (Fsp3) is 0.364. The highest BCUT2D eigenvalue weighted by molar-refractivity contribution is 5.86. The van der Waals surface area contributed by atoms with Crippen molar-refractivity contribution in [3.8, 4) is 11.3 Å². The normalized spacial score (nSPS) is 15.4. The zero-order valence-corrected chi connectivity index (χ0v) is 16.9. The Kier molecular flexibility index (Phi) is 4.20. The number of benzene rings is 1. The van der Waals surface area contributed by atoms with Crippen LogP contribution in [0.1, 0.15) is 35.7 Å². The number of hydrogen-bond donors (Lipinski definition) is 1. The van der Waals surface area contributed by atoms with Crippen LogP contribution in [0.3, 0.4) is 0 Å². The van der Waals surface area contributed by atoms with Gasteiger partial charge in [0.15, 0.2) is 5.65 Å². The molecule has 0 atom stereocenters. The van der Waals surface area contributed by atoms with Crippen molar-refractivity contribution in [1.29, 1.82) is 0 Å². The maximum Gasteiger partial charge on any atom is 0.258 e. The lowest BCUT2D eigenvalue weighted by molar-refractivity contribution is 0.451. The van der Waals surface area contributed by atoms with Gasteiger partial charge in [0.05, 0.1) is 22.6 Å². The van der Waals surface area contributed by atoms with Gasteiger partial charge in [0.2, 0.25) is 0 Å². The summed E-state index contributed by atoms with van der Waals surface area (Å²) in [6.45, 7) is 5.95. The molecule has 1 aliphatic rings. The average molecular weight is 388 g/mol. The lowest BCUT2D eigenvalue weighted by Crippen LogP contribution is -2.28. The Hall–Kier alpha value is -3.06. The van der Waals surface area contributed by atoms with E-state index < -0.39 is 0 Å². The van der Waals surface area contributed by atoms with E-state index in [-0.39, 0.29) is 5.56 Å². The highest BCUT2D eigenvalue weighted by atomic mass is 16.1. The number of nitrogens with zero attached hydrogens (tertiary/aromatic N) is 5. The highest BCUT2D eigenvalue weighted by Crippen LogP contribution is 2.27. The van der Waals surface area contributed by atoms with Gasteiger partial charge in [0.25, 0.3) is 5.56 Å². The fourth-order valence-corrected chi connectivity index (χ4v) is 4.32. The molecule has 5 rings (SSSR count). The highest BCUT2D eigenvalue weighted by Gasteiger charge is 2.19. The van der Waals surface area contributed by atoms with Crippen molar-refractivity contribution in [2.45, 2.75) is 32.6 Å². The first kappa shape index (κ1) is 18.0. The van der Waals surface area contributed by atoms with Gasteiger partial charge in [-0.1, -0.05) is 0 Å². The second kappa shape index (κ2) is 6.77. The first-order valence-electron chi connectivity index (χ1n) is 10.1. The summed E-state index contributed by atoms with van der Waals surface area (Å²) < 4.78 is 3.46. The molecule has 148 valence electrons. The summed E-state index contributed by atoms with van der Waals surface area (Å²) in [5.74, 6) is 0.390. The predicted molar refractivity (Wildman–Crippen MR) is 113 cm³/mol. The molecule has 1 N–H and O–H groups in total. The number of fused-ring (bicyclic) bond motifs is 2. The van der Waals surface area contributed by atoms with E-state index in [1.807, 2.05) is 45.4 Å². The molecule has 0 unspecified atom stereocenters. The van der Waals surface area contributed by atoms with E-state index in [9.17, 15) is 4.79 Å². The number of aromatic nitrogens is 5. The van der Waals surface area contributed by atoms with Gasteiger partial charge in [-0.15, -0.1) is 0 Å². The summed E-state index contributed by atoms with van der Waals surface area (Å²) in [5, 5.41) is 8.92. The van der Waals surface area contributed by atoms with Crippen LogP contribution in [0.25, 0.3) is 27.8 Å². The molecular formula is C22H24N6O. The van der Waals surface area contributed by atoms with Crippen LogP contribution < -0.4 is 10.9 Å². The summed E-state index contributed by atoms with van der Waals surface area (Å²) in [5.41, 5.74) is 5.95. The van der Waals surface area contributed by atoms with Crippen LogP contribution in [0, 0.1) is 13.8 Å². The van der Waals surface area contributed by atoms with Crippen molar-refractivity contribution in [2.24, 2.45) is 7.05 Å². The first-order valence-corrected chi connectivity index (χ1v) is 10.1. The van der Waals surface area contributed by atoms with Crippen molar-refractivity contribution < 1.29 is 0 Å². The van der Waals surface area contributed by atoms with Gasteiger partial charge in [-0.3, -0.25) is 18.9 Å². The maximum atomic E-state index is 13.0. The maximum absolute atomic E-state index is 13.0. The van der Waals surface area contributed by atoms with E-state index in [0.717, 1.165) is 59.3 Å². The summed E-state index contributed by atoms with van der Waals surface area (Å²) in [7, 11) is 1.91. The zero-order valence-electron chi connectivity index (χ0n) is 16.9. The van der Waals surface area contributed by atoms with Crippen molar-refractivity contribution in [1.82, 2.24) is 29.5 Å². The molecule has 0 radical (unpaired) electrons. The number of hydrogen-bond acceptors (Lipinski definition) is 5. The van der Waals surface area contributed by atoms with Gasteiger partial charge < -0.3 is 5.32 Å². The minimum Gasteiger partial charge on any atom is -0.317 e. The number of rotatable bonds is 2. The minimum absolute atomic E-state index is 0.0744. The van der Waals surface area contributed by atoms with E-state index >= 15 is 0 Å². The molecule has 0 spiro atoms. The molecule has 1 fully saturated rings. The zero-order chi connectivity index (χ0) is 20.1. The smallest absolute Gasteiger partial charge is 0.258 e. The van der Waals surface area contributed by atoms with Crippen molar-refractivity contribution in [3.63, 3.8) is 0 Å². The third-order valence-corrected chi connectivity index (χ3v) is 5.80. The molecular weight excluding hydrogens is 364 g/mol. The van der Waals surface area contributed by atoms with Crippen LogP contribution in [0.15, 0.2) is 35.4 Å². The topological polar surface area (TPSA) is 77.1 Å².